The van der Waals surface area contributed by atoms with E-state index in [-0.39, 0.29) is 17.5 Å². The number of anilines is 1. The zero-order chi connectivity index (χ0) is 24.1. The Morgan fingerprint density at radius 1 is 1.15 bits per heavy atom. The van der Waals surface area contributed by atoms with E-state index < -0.39 is 11.8 Å². The van der Waals surface area contributed by atoms with Gasteiger partial charge in [-0.15, -0.1) is 0 Å². The van der Waals surface area contributed by atoms with Gasteiger partial charge < -0.3 is 23.9 Å². The van der Waals surface area contributed by atoms with Crippen LogP contribution in [0.15, 0.2) is 34.7 Å². The Morgan fingerprint density at radius 2 is 1.82 bits per heavy atom. The summed E-state index contributed by atoms with van der Waals surface area (Å²) >= 11 is 0. The first-order chi connectivity index (χ1) is 16.5. The third-order valence-electron chi connectivity index (χ3n) is 5.80. The Kier molecular flexibility index (Phi) is 7.52. The summed E-state index contributed by atoms with van der Waals surface area (Å²) in [6, 6.07) is 9.22. The van der Waals surface area contributed by atoms with Crippen LogP contribution in [0.5, 0.6) is 11.5 Å². The molecular formula is C25H30FN3O5. The van der Waals surface area contributed by atoms with Crippen molar-refractivity contribution in [3.63, 3.8) is 0 Å². The number of fused-ring (bicyclic) bond motifs is 1. The number of piperidine rings is 1. The van der Waals surface area contributed by atoms with Gasteiger partial charge in [0, 0.05) is 25.7 Å². The summed E-state index contributed by atoms with van der Waals surface area (Å²) in [5.74, 6) is -0.409. The number of nitrogens with zero attached hydrogens (tertiary/aromatic N) is 2. The van der Waals surface area contributed by atoms with Crippen molar-refractivity contribution >= 4 is 23.1 Å². The molecule has 0 aliphatic carbocycles. The highest BCUT2D eigenvalue weighted by atomic mass is 19.1. The summed E-state index contributed by atoms with van der Waals surface area (Å²) in [5.41, 5.74) is 2.60. The Hall–Kier alpha value is -3.33. The predicted octanol–water partition coefficient (Wildman–Crippen LogP) is 4.63. The Morgan fingerprint density at radius 3 is 2.44 bits per heavy atom. The maximum atomic E-state index is 14.5. The van der Waals surface area contributed by atoms with Crippen LogP contribution in [0.25, 0.3) is 11.1 Å². The number of aromatic nitrogens is 1. The first kappa shape index (κ1) is 23.8. The molecule has 1 saturated heterocycles. The molecule has 1 aromatic heterocycles. The summed E-state index contributed by atoms with van der Waals surface area (Å²) < 4.78 is 36.0. The van der Waals surface area contributed by atoms with Crippen molar-refractivity contribution in [2.75, 3.05) is 38.7 Å². The number of likely N-dealkylation sites (tertiary alicyclic amines) is 1. The molecule has 0 saturated carbocycles. The van der Waals surface area contributed by atoms with E-state index in [2.05, 4.69) is 15.2 Å². The van der Waals surface area contributed by atoms with Gasteiger partial charge in [-0.2, -0.15) is 9.37 Å². The highest BCUT2D eigenvalue weighted by Gasteiger charge is 2.22. The molecule has 8 nitrogen and oxygen atoms in total. The number of benzene rings is 2. The topological polar surface area (TPSA) is 86.1 Å². The Balaban J connectivity index is 1.36. The largest absolute Gasteiger partial charge is 0.491 e. The summed E-state index contributed by atoms with van der Waals surface area (Å²) in [7, 11) is 1.35. The first-order valence-corrected chi connectivity index (χ1v) is 11.6. The minimum Gasteiger partial charge on any atom is -0.491 e. The van der Waals surface area contributed by atoms with Crippen molar-refractivity contribution in [1.29, 1.82) is 0 Å². The minimum atomic E-state index is -0.451. The van der Waals surface area contributed by atoms with Crippen LogP contribution in [0.1, 0.15) is 42.6 Å². The van der Waals surface area contributed by atoms with Crippen molar-refractivity contribution in [2.24, 2.45) is 0 Å². The standard InChI is InChI=1S/C25H30FN3O5/c1-4-32-21-12-16(13-22(23(21)26)33-5-2)15-29-10-8-18(9-11-29)27-25-28-19-7-6-17(24(30)31-3)14-20(19)34-25/h6-7,12-14,18H,4-5,8-11,15H2,1-3H3,(H,27,28). The molecule has 2 aromatic carbocycles. The molecule has 0 bridgehead atoms. The van der Waals surface area contributed by atoms with Crippen molar-refractivity contribution < 1.29 is 27.8 Å². The number of carbonyl (C=O) groups excluding carboxylic acids is 1. The number of oxazole rings is 1. The van der Waals surface area contributed by atoms with Gasteiger partial charge in [0.2, 0.25) is 5.82 Å². The van der Waals surface area contributed by atoms with Gasteiger partial charge in [-0.25, -0.2) is 4.79 Å². The summed E-state index contributed by atoms with van der Waals surface area (Å²) in [6.07, 6.45) is 1.81. The van der Waals surface area contributed by atoms with Gasteiger partial charge in [0.25, 0.3) is 6.01 Å². The normalized spacial score (nSPS) is 14.8. The molecule has 34 heavy (non-hydrogen) atoms. The molecule has 0 atom stereocenters. The second-order valence-corrected chi connectivity index (χ2v) is 8.16. The number of halogens is 1. The molecule has 1 fully saturated rings. The zero-order valence-corrected chi connectivity index (χ0v) is 19.7. The van der Waals surface area contributed by atoms with Crippen molar-refractivity contribution in [3.8, 4) is 11.5 Å². The lowest BCUT2D eigenvalue weighted by Gasteiger charge is -2.32. The van der Waals surface area contributed by atoms with E-state index in [0.717, 1.165) is 31.5 Å². The molecule has 0 spiro atoms. The highest BCUT2D eigenvalue weighted by molar-refractivity contribution is 5.93. The lowest BCUT2D eigenvalue weighted by Crippen LogP contribution is -2.38. The molecule has 0 amide bonds. The van der Waals surface area contributed by atoms with Crippen molar-refractivity contribution in [2.45, 2.75) is 39.3 Å². The molecule has 1 N–H and O–H groups in total. The van der Waals surface area contributed by atoms with Crippen LogP contribution in [0.4, 0.5) is 10.4 Å². The van der Waals surface area contributed by atoms with Crippen molar-refractivity contribution in [3.05, 3.63) is 47.3 Å². The van der Waals surface area contributed by atoms with Crippen LogP contribution in [0.3, 0.4) is 0 Å². The number of carbonyl (C=O) groups is 1. The lowest BCUT2D eigenvalue weighted by molar-refractivity contribution is 0.0600. The van der Waals surface area contributed by atoms with Crippen LogP contribution in [0, 0.1) is 5.82 Å². The molecule has 0 radical (unpaired) electrons. The van der Waals surface area contributed by atoms with E-state index in [1.807, 2.05) is 13.8 Å². The molecule has 1 aliphatic rings. The molecule has 3 aromatic rings. The quantitative estimate of drug-likeness (QED) is 0.452. The Labute approximate surface area is 198 Å². The predicted molar refractivity (Wildman–Crippen MR) is 126 cm³/mol. The van der Waals surface area contributed by atoms with E-state index in [0.29, 0.717) is 42.4 Å². The van der Waals surface area contributed by atoms with Crippen LogP contribution < -0.4 is 14.8 Å². The van der Waals surface area contributed by atoms with Gasteiger partial charge >= 0.3 is 5.97 Å². The highest BCUT2D eigenvalue weighted by Crippen LogP contribution is 2.30. The fourth-order valence-corrected chi connectivity index (χ4v) is 4.14. The molecule has 2 heterocycles. The van der Waals surface area contributed by atoms with Gasteiger partial charge in [-0.3, -0.25) is 4.90 Å². The van der Waals surface area contributed by atoms with Crippen LogP contribution >= 0.6 is 0 Å². The minimum absolute atomic E-state index is 0.218. The van der Waals surface area contributed by atoms with Gasteiger partial charge in [0.15, 0.2) is 17.1 Å². The fourth-order valence-electron chi connectivity index (χ4n) is 4.14. The molecule has 4 rings (SSSR count). The van der Waals surface area contributed by atoms with Crippen molar-refractivity contribution in [1.82, 2.24) is 9.88 Å². The third kappa shape index (κ3) is 5.41. The number of methoxy groups -OCH3 is 1. The SMILES string of the molecule is CCOc1cc(CN2CCC(Nc3nc4ccc(C(=O)OC)cc4o3)CC2)cc(OCC)c1F. The van der Waals surface area contributed by atoms with Gasteiger partial charge in [0.05, 0.1) is 25.9 Å². The fraction of sp³-hybridized carbons (Fsp3) is 0.440. The van der Waals surface area contributed by atoms with Crippen LogP contribution in [-0.2, 0) is 11.3 Å². The number of hydrogen-bond donors (Lipinski definition) is 1. The van der Waals surface area contributed by atoms with Gasteiger partial charge in [-0.05, 0) is 62.6 Å². The van der Waals surface area contributed by atoms with Crippen LogP contribution in [-0.4, -0.2) is 55.3 Å². The van der Waals surface area contributed by atoms with E-state index in [9.17, 15) is 9.18 Å². The number of rotatable bonds is 9. The molecule has 0 unspecified atom stereocenters. The maximum Gasteiger partial charge on any atom is 0.337 e. The summed E-state index contributed by atoms with van der Waals surface area (Å²) in [4.78, 5) is 18.5. The number of hydrogen-bond acceptors (Lipinski definition) is 8. The average Bonchev–Trinajstić information content (AvgIpc) is 3.24. The molecular weight excluding hydrogens is 441 g/mol. The monoisotopic (exact) mass is 471 g/mol. The number of esters is 1. The smallest absolute Gasteiger partial charge is 0.337 e. The number of ether oxygens (including phenoxy) is 3. The maximum absolute atomic E-state index is 14.5. The van der Waals surface area contributed by atoms with E-state index >= 15 is 0 Å². The number of nitrogens with one attached hydrogen (secondary N) is 1. The van der Waals surface area contributed by atoms with E-state index in [1.165, 1.54) is 7.11 Å². The molecule has 1 aliphatic heterocycles. The summed E-state index contributed by atoms with van der Waals surface area (Å²) in [5, 5.41) is 3.37. The third-order valence-corrected chi connectivity index (χ3v) is 5.80. The Bertz CT molecular complexity index is 1110. The van der Waals surface area contributed by atoms with Gasteiger partial charge in [-0.1, -0.05) is 0 Å². The average molecular weight is 472 g/mol. The molecule has 182 valence electrons. The second-order valence-electron chi connectivity index (χ2n) is 8.16. The first-order valence-electron chi connectivity index (χ1n) is 11.6. The summed E-state index contributed by atoms with van der Waals surface area (Å²) in [6.45, 7) is 6.88. The van der Waals surface area contributed by atoms with E-state index in [4.69, 9.17) is 18.6 Å². The van der Waals surface area contributed by atoms with Crippen LogP contribution in [0.2, 0.25) is 0 Å². The molecule has 9 heteroatoms. The van der Waals surface area contributed by atoms with Gasteiger partial charge in [0.1, 0.15) is 5.52 Å². The lowest BCUT2D eigenvalue weighted by atomic mass is 10.0. The zero-order valence-electron chi connectivity index (χ0n) is 19.7. The second kappa shape index (κ2) is 10.7. The van der Waals surface area contributed by atoms with E-state index in [1.54, 1.807) is 30.3 Å².